The highest BCUT2D eigenvalue weighted by Crippen LogP contribution is 2.49. The van der Waals surface area contributed by atoms with Crippen LogP contribution in [0.5, 0.6) is 28.7 Å². The van der Waals surface area contributed by atoms with Gasteiger partial charge in [0.1, 0.15) is 29.6 Å². The van der Waals surface area contributed by atoms with Crippen molar-refractivity contribution in [2.75, 3.05) is 20.3 Å². The van der Waals surface area contributed by atoms with E-state index in [1.54, 1.807) is 27.7 Å². The van der Waals surface area contributed by atoms with Crippen LogP contribution in [0.3, 0.4) is 0 Å². The van der Waals surface area contributed by atoms with Crippen LogP contribution < -0.4 is 18.9 Å². The lowest BCUT2D eigenvalue weighted by Crippen LogP contribution is -2.57. The molecular weight excluding hydrogens is 554 g/mol. The van der Waals surface area contributed by atoms with Crippen LogP contribution in [0.4, 0.5) is 0 Å². The topological polar surface area (TPSA) is 40.2 Å². The summed E-state index contributed by atoms with van der Waals surface area (Å²) in [5, 5.41) is 0.230. The van der Waals surface area contributed by atoms with Crippen molar-refractivity contribution in [2.45, 2.75) is 92.3 Å². The summed E-state index contributed by atoms with van der Waals surface area (Å²) in [4.78, 5) is 2.71. The zero-order valence-electron chi connectivity index (χ0n) is 34.7. The summed E-state index contributed by atoms with van der Waals surface area (Å²) in [5.74, 6) is 0.124. The number of hydrogen-bond acceptors (Lipinski definition) is 6. The predicted octanol–water partition coefficient (Wildman–Crippen LogP) is 10.1. The van der Waals surface area contributed by atoms with Gasteiger partial charge in [-0.15, -0.1) is 11.3 Å². The van der Waals surface area contributed by atoms with E-state index in [1.807, 2.05) is 0 Å². The van der Waals surface area contributed by atoms with Gasteiger partial charge in [-0.1, -0.05) is 6.42 Å². The maximum absolute atomic E-state index is 9.12. The molecule has 4 aromatic rings. The van der Waals surface area contributed by atoms with Crippen LogP contribution in [0.15, 0.2) is 48.3 Å². The van der Waals surface area contributed by atoms with Gasteiger partial charge >= 0.3 is 0 Å². The standard InChI is InChI=1S/C37H47NO4S/c1-10-40-28-13-15-30(23(2)18-28)36-35(31-20-25(4)33(39-9)21-34(31)43-36)42-32-16-14-29(19-24(32)3)41-22-27(6)38-26(5)12-11-17-37(38,7)8/h13-16,18-21,26-27H,10-12,17,22H2,1-9H3/i13D,14D,15D,16D,18D,19D,20D,21D. The van der Waals surface area contributed by atoms with Gasteiger partial charge in [-0.05, 0) is 139 Å². The fraction of sp³-hybridized carbons (Fsp3) is 0.459. The first kappa shape index (κ1) is 22.3. The number of hydrogen-bond donors (Lipinski definition) is 0. The number of thiophene rings is 1. The molecule has 0 radical (unpaired) electrons. The largest absolute Gasteiger partial charge is 0.496 e. The number of methoxy groups -OCH3 is 1. The van der Waals surface area contributed by atoms with Crippen molar-refractivity contribution in [3.63, 3.8) is 0 Å². The fourth-order valence-corrected chi connectivity index (χ4v) is 7.33. The summed E-state index contributed by atoms with van der Waals surface area (Å²) in [6.07, 6.45) is 3.30. The van der Waals surface area contributed by atoms with Gasteiger partial charge in [-0.3, -0.25) is 4.90 Å². The third-order valence-corrected chi connectivity index (χ3v) is 9.21. The van der Waals surface area contributed by atoms with Gasteiger partial charge in [0, 0.05) is 27.7 Å². The number of benzene rings is 3. The highest BCUT2D eigenvalue weighted by atomic mass is 32.1. The summed E-state index contributed by atoms with van der Waals surface area (Å²) in [6, 6.07) is -0.949. The molecule has 0 spiro atoms. The van der Waals surface area contributed by atoms with Crippen molar-refractivity contribution in [3.8, 4) is 39.2 Å². The van der Waals surface area contributed by atoms with Gasteiger partial charge in [0.15, 0.2) is 5.75 Å². The average molecular weight is 610 g/mol. The SMILES string of the molecule is [2H]c1c([2H])c(Oc2c(-c3c([2H])c([2H])c(OCC)c([2H])c3C)sc3c([2H])c(OC)c(C)c([2H])c23)c(C)c([2H])c1OCC(C)N1C(C)CCCC1(C)C. The molecular formula is C37H47NO4S. The average Bonchev–Trinajstić information content (AvgIpc) is 3.44. The molecule has 1 fully saturated rings. The lowest BCUT2D eigenvalue weighted by atomic mass is 9.85. The van der Waals surface area contributed by atoms with Crippen molar-refractivity contribution in [2.24, 2.45) is 0 Å². The second kappa shape index (κ2) is 12.8. The van der Waals surface area contributed by atoms with Crippen LogP contribution in [0.1, 0.15) is 81.5 Å². The second-order valence-corrected chi connectivity index (χ2v) is 12.9. The minimum absolute atomic E-state index is 0.00339. The Morgan fingerprint density at radius 2 is 1.67 bits per heavy atom. The molecule has 0 bridgehead atoms. The molecule has 5 rings (SSSR count). The Kier molecular flexibility index (Phi) is 6.64. The van der Waals surface area contributed by atoms with E-state index in [9.17, 15) is 0 Å². The summed E-state index contributed by atoms with van der Waals surface area (Å²) in [5.41, 5.74) is 1.14. The zero-order chi connectivity index (χ0) is 37.9. The first-order chi connectivity index (χ1) is 23.9. The highest BCUT2D eigenvalue weighted by molar-refractivity contribution is 7.22. The van der Waals surface area contributed by atoms with Crippen LogP contribution in [0.2, 0.25) is 0 Å². The maximum Gasteiger partial charge on any atom is 0.153 e. The minimum atomic E-state index is -0.317. The number of nitrogens with zero attached hydrogens (tertiary/aromatic N) is 1. The number of likely N-dealkylation sites (tertiary alicyclic amines) is 1. The molecule has 1 saturated heterocycles. The molecule has 2 heterocycles. The molecule has 43 heavy (non-hydrogen) atoms. The summed E-state index contributed by atoms with van der Waals surface area (Å²) >= 11 is 1.06. The third-order valence-electron chi connectivity index (χ3n) is 8.10. The molecule has 2 atom stereocenters. The van der Waals surface area contributed by atoms with Gasteiger partial charge in [0.25, 0.3) is 0 Å². The van der Waals surface area contributed by atoms with Crippen molar-refractivity contribution in [1.29, 1.82) is 0 Å². The van der Waals surface area contributed by atoms with Crippen LogP contribution in [-0.4, -0.2) is 42.8 Å². The van der Waals surface area contributed by atoms with Crippen LogP contribution >= 0.6 is 11.3 Å². The Balaban J connectivity index is 1.67. The maximum atomic E-state index is 9.12. The van der Waals surface area contributed by atoms with Gasteiger partial charge in [0.2, 0.25) is 0 Å². The van der Waals surface area contributed by atoms with Crippen molar-refractivity contribution in [3.05, 3.63) is 65.0 Å². The van der Waals surface area contributed by atoms with E-state index in [0.717, 1.165) is 30.6 Å². The normalized spacial score (nSPS) is 20.2. The molecule has 0 aliphatic carbocycles. The Labute approximate surface area is 273 Å². The molecule has 0 saturated carbocycles. The Morgan fingerprint density at radius 3 is 2.40 bits per heavy atom. The first-order valence-corrected chi connectivity index (χ1v) is 15.8. The zero-order valence-corrected chi connectivity index (χ0v) is 27.5. The van der Waals surface area contributed by atoms with Crippen LogP contribution in [0, 0.1) is 20.8 Å². The van der Waals surface area contributed by atoms with Crippen molar-refractivity contribution >= 4 is 21.4 Å². The number of rotatable bonds is 10. The van der Waals surface area contributed by atoms with E-state index in [-0.39, 0.29) is 123 Å². The lowest BCUT2D eigenvalue weighted by Gasteiger charge is -2.49. The molecule has 230 valence electrons. The second-order valence-electron chi connectivity index (χ2n) is 11.9. The van der Waals surface area contributed by atoms with Gasteiger partial charge in [0.05, 0.1) is 29.6 Å². The lowest BCUT2D eigenvalue weighted by molar-refractivity contribution is -0.0169. The number of ether oxygens (including phenoxy) is 4. The Morgan fingerprint density at radius 1 is 0.977 bits per heavy atom. The molecule has 0 amide bonds. The smallest absolute Gasteiger partial charge is 0.153 e. The Bertz CT molecular complexity index is 1960. The van der Waals surface area contributed by atoms with Crippen molar-refractivity contribution in [1.82, 2.24) is 4.90 Å². The van der Waals surface area contributed by atoms with Gasteiger partial charge in [-0.2, -0.15) is 0 Å². The van der Waals surface area contributed by atoms with Crippen LogP contribution in [0.25, 0.3) is 20.5 Å². The van der Waals surface area contributed by atoms with E-state index < -0.39 is 0 Å². The minimum Gasteiger partial charge on any atom is -0.496 e. The summed E-state index contributed by atoms with van der Waals surface area (Å²) in [7, 11) is 1.43. The van der Waals surface area contributed by atoms with Crippen LogP contribution in [-0.2, 0) is 0 Å². The monoisotopic (exact) mass is 609 g/mol. The van der Waals surface area contributed by atoms with E-state index in [1.165, 1.54) is 7.11 Å². The molecule has 2 unspecified atom stereocenters. The van der Waals surface area contributed by atoms with E-state index in [0.29, 0.717) is 21.9 Å². The molecule has 6 heteroatoms. The molecule has 5 nitrogen and oxygen atoms in total. The fourth-order valence-electron chi connectivity index (χ4n) is 6.20. The molecule has 1 aromatic heterocycles. The molecule has 1 aliphatic heterocycles. The Hall–Kier alpha value is -3.22. The number of fused-ring (bicyclic) bond motifs is 1. The van der Waals surface area contributed by atoms with E-state index >= 15 is 0 Å². The molecule has 0 N–H and O–H groups in total. The number of piperidine rings is 1. The quantitative estimate of drug-likeness (QED) is 0.179. The molecule has 1 aliphatic rings. The third kappa shape index (κ3) is 6.51. The highest BCUT2D eigenvalue weighted by Gasteiger charge is 2.37. The van der Waals surface area contributed by atoms with E-state index in [2.05, 4.69) is 32.6 Å². The summed E-state index contributed by atoms with van der Waals surface area (Å²) < 4.78 is 95.7. The first-order valence-electron chi connectivity index (χ1n) is 18.9. The predicted molar refractivity (Wildman–Crippen MR) is 180 cm³/mol. The van der Waals surface area contributed by atoms with Gasteiger partial charge < -0.3 is 18.9 Å². The summed E-state index contributed by atoms with van der Waals surface area (Å²) in [6.45, 7) is 15.8. The van der Waals surface area contributed by atoms with E-state index in [4.69, 9.17) is 29.9 Å². The van der Waals surface area contributed by atoms with Gasteiger partial charge in [-0.25, -0.2) is 0 Å². The molecule has 3 aromatic carbocycles. The van der Waals surface area contributed by atoms with Crippen molar-refractivity contribution < 1.29 is 29.9 Å².